The van der Waals surface area contributed by atoms with Crippen LogP contribution in [-0.4, -0.2) is 28.5 Å². The van der Waals surface area contributed by atoms with E-state index in [1.165, 1.54) is 0 Å². The summed E-state index contributed by atoms with van der Waals surface area (Å²) in [7, 11) is 0. The van der Waals surface area contributed by atoms with Crippen molar-refractivity contribution in [1.29, 1.82) is 0 Å². The third-order valence-electron chi connectivity index (χ3n) is 2.83. The van der Waals surface area contributed by atoms with Crippen molar-refractivity contribution in [1.82, 2.24) is 10.3 Å². The minimum atomic E-state index is -0.751. The first-order valence-electron chi connectivity index (χ1n) is 6.53. The van der Waals surface area contributed by atoms with Crippen molar-refractivity contribution in [3.63, 3.8) is 0 Å². The van der Waals surface area contributed by atoms with Gasteiger partial charge in [-0.15, -0.1) is 0 Å². The van der Waals surface area contributed by atoms with Crippen LogP contribution in [0.3, 0.4) is 0 Å². The van der Waals surface area contributed by atoms with Crippen LogP contribution in [0.4, 0.5) is 0 Å². The standard InChI is InChI=1S/C14H20N2O3/c1-11-7-6-10-15-13(11)14(19)16-9-5-3-2-4-8-12(17)18/h6-7,10H,2-5,8-9H2,1H3,(H,16,19)(H,17,18). The first kappa shape index (κ1) is 15.1. The number of nitrogens with zero attached hydrogens (tertiary/aromatic N) is 1. The van der Waals surface area contributed by atoms with Gasteiger partial charge in [0.2, 0.25) is 0 Å². The van der Waals surface area contributed by atoms with Gasteiger partial charge in [-0.3, -0.25) is 14.6 Å². The van der Waals surface area contributed by atoms with Gasteiger partial charge in [0, 0.05) is 19.2 Å². The van der Waals surface area contributed by atoms with Crippen LogP contribution >= 0.6 is 0 Å². The molecule has 104 valence electrons. The first-order valence-corrected chi connectivity index (χ1v) is 6.53. The van der Waals surface area contributed by atoms with E-state index in [0.29, 0.717) is 18.7 Å². The van der Waals surface area contributed by atoms with E-state index in [9.17, 15) is 9.59 Å². The zero-order valence-corrected chi connectivity index (χ0v) is 11.2. The SMILES string of the molecule is Cc1cccnc1C(=O)NCCCCCCC(=O)O. The highest BCUT2D eigenvalue weighted by atomic mass is 16.4. The molecule has 1 heterocycles. The maximum Gasteiger partial charge on any atom is 0.303 e. The van der Waals surface area contributed by atoms with Gasteiger partial charge in [0.1, 0.15) is 5.69 Å². The zero-order chi connectivity index (χ0) is 14.1. The Morgan fingerprint density at radius 1 is 1.26 bits per heavy atom. The van der Waals surface area contributed by atoms with E-state index in [2.05, 4.69) is 10.3 Å². The summed E-state index contributed by atoms with van der Waals surface area (Å²) in [6.07, 6.45) is 5.19. The summed E-state index contributed by atoms with van der Waals surface area (Å²) in [5, 5.41) is 11.3. The number of aryl methyl sites for hydroxylation is 1. The quantitative estimate of drug-likeness (QED) is 0.705. The molecule has 5 heteroatoms. The number of unbranched alkanes of at least 4 members (excludes halogenated alkanes) is 3. The molecule has 0 atom stereocenters. The van der Waals surface area contributed by atoms with Gasteiger partial charge < -0.3 is 10.4 Å². The summed E-state index contributed by atoms with van der Waals surface area (Å²) in [5.41, 5.74) is 1.33. The number of aliphatic carboxylic acids is 1. The molecule has 0 aliphatic carbocycles. The Kier molecular flexibility index (Phi) is 6.57. The lowest BCUT2D eigenvalue weighted by Crippen LogP contribution is -2.26. The Morgan fingerprint density at radius 3 is 2.68 bits per heavy atom. The molecule has 0 aromatic carbocycles. The largest absolute Gasteiger partial charge is 0.481 e. The monoisotopic (exact) mass is 264 g/mol. The number of aromatic nitrogens is 1. The van der Waals surface area contributed by atoms with Crippen molar-refractivity contribution in [2.45, 2.75) is 39.0 Å². The summed E-state index contributed by atoms with van der Waals surface area (Å²) in [6.45, 7) is 2.45. The second-order valence-electron chi connectivity index (χ2n) is 4.48. The van der Waals surface area contributed by atoms with E-state index in [0.717, 1.165) is 24.8 Å². The molecule has 2 N–H and O–H groups in total. The highest BCUT2D eigenvalue weighted by molar-refractivity contribution is 5.93. The zero-order valence-electron chi connectivity index (χ0n) is 11.2. The molecule has 1 rings (SSSR count). The molecule has 0 unspecified atom stereocenters. The number of hydrogen-bond acceptors (Lipinski definition) is 3. The van der Waals surface area contributed by atoms with E-state index in [1.807, 2.05) is 13.0 Å². The topological polar surface area (TPSA) is 79.3 Å². The van der Waals surface area contributed by atoms with Crippen LogP contribution in [0.1, 0.15) is 48.2 Å². The van der Waals surface area contributed by atoms with Gasteiger partial charge in [-0.25, -0.2) is 0 Å². The highest BCUT2D eigenvalue weighted by Gasteiger charge is 2.08. The van der Waals surface area contributed by atoms with Gasteiger partial charge in [-0.2, -0.15) is 0 Å². The minimum Gasteiger partial charge on any atom is -0.481 e. The number of rotatable bonds is 8. The Morgan fingerprint density at radius 2 is 2.00 bits per heavy atom. The third kappa shape index (κ3) is 5.99. The Balaban J connectivity index is 2.15. The normalized spacial score (nSPS) is 10.2. The molecule has 0 aliphatic heterocycles. The summed E-state index contributed by atoms with van der Waals surface area (Å²) < 4.78 is 0. The van der Waals surface area contributed by atoms with Gasteiger partial charge in [-0.1, -0.05) is 18.9 Å². The summed E-state index contributed by atoms with van der Waals surface area (Å²) in [6, 6.07) is 3.66. The van der Waals surface area contributed by atoms with Crippen LogP contribution in [0.2, 0.25) is 0 Å². The molecular weight excluding hydrogens is 244 g/mol. The van der Waals surface area contributed by atoms with Crippen LogP contribution in [-0.2, 0) is 4.79 Å². The minimum absolute atomic E-state index is 0.149. The lowest BCUT2D eigenvalue weighted by Gasteiger charge is -2.06. The van der Waals surface area contributed by atoms with Crippen molar-refractivity contribution in [3.05, 3.63) is 29.6 Å². The average Bonchev–Trinajstić information content (AvgIpc) is 2.37. The van der Waals surface area contributed by atoms with Crippen molar-refractivity contribution in [2.75, 3.05) is 6.54 Å². The average molecular weight is 264 g/mol. The fourth-order valence-electron chi connectivity index (χ4n) is 1.76. The van der Waals surface area contributed by atoms with Gasteiger partial charge in [0.05, 0.1) is 0 Å². The lowest BCUT2D eigenvalue weighted by molar-refractivity contribution is -0.137. The number of nitrogens with one attached hydrogen (secondary N) is 1. The molecule has 0 fully saturated rings. The van der Waals surface area contributed by atoms with Crippen LogP contribution in [0.15, 0.2) is 18.3 Å². The fraction of sp³-hybridized carbons (Fsp3) is 0.500. The molecule has 0 saturated carbocycles. The third-order valence-corrected chi connectivity index (χ3v) is 2.83. The number of carboxylic acids is 1. The van der Waals surface area contributed by atoms with Gasteiger partial charge >= 0.3 is 5.97 Å². The maximum atomic E-state index is 11.8. The maximum absolute atomic E-state index is 11.8. The van der Waals surface area contributed by atoms with Crippen LogP contribution in [0.25, 0.3) is 0 Å². The molecule has 0 saturated heterocycles. The van der Waals surface area contributed by atoms with Crippen LogP contribution in [0.5, 0.6) is 0 Å². The number of pyridine rings is 1. The van der Waals surface area contributed by atoms with Crippen molar-refractivity contribution in [3.8, 4) is 0 Å². The van der Waals surface area contributed by atoms with Crippen molar-refractivity contribution >= 4 is 11.9 Å². The fourth-order valence-corrected chi connectivity index (χ4v) is 1.76. The number of amides is 1. The second-order valence-corrected chi connectivity index (χ2v) is 4.48. The Labute approximate surface area is 113 Å². The summed E-state index contributed by atoms with van der Waals surface area (Å²) in [5.74, 6) is -0.900. The van der Waals surface area contributed by atoms with Gasteiger partial charge in [0.25, 0.3) is 5.91 Å². The lowest BCUT2D eigenvalue weighted by atomic mass is 10.1. The van der Waals surface area contributed by atoms with Crippen LogP contribution < -0.4 is 5.32 Å². The summed E-state index contributed by atoms with van der Waals surface area (Å²) in [4.78, 5) is 26.1. The second kappa shape index (κ2) is 8.24. The number of hydrogen-bond donors (Lipinski definition) is 2. The van der Waals surface area contributed by atoms with Crippen LogP contribution in [0, 0.1) is 6.92 Å². The smallest absolute Gasteiger partial charge is 0.303 e. The molecule has 0 radical (unpaired) electrons. The van der Waals surface area contributed by atoms with Crippen molar-refractivity contribution in [2.24, 2.45) is 0 Å². The highest BCUT2D eigenvalue weighted by Crippen LogP contribution is 2.04. The predicted octanol–water partition coefficient (Wildman–Crippen LogP) is 2.15. The molecule has 1 aromatic rings. The first-order chi connectivity index (χ1) is 9.11. The molecule has 0 bridgehead atoms. The molecule has 1 amide bonds. The molecular formula is C14H20N2O3. The number of carbonyl (C=O) groups is 2. The molecule has 0 spiro atoms. The van der Waals surface area contributed by atoms with E-state index in [-0.39, 0.29) is 12.3 Å². The van der Waals surface area contributed by atoms with E-state index in [1.54, 1.807) is 12.3 Å². The van der Waals surface area contributed by atoms with Crippen molar-refractivity contribution < 1.29 is 14.7 Å². The Bertz CT molecular complexity index is 432. The van der Waals surface area contributed by atoms with E-state index < -0.39 is 5.97 Å². The predicted molar refractivity (Wildman–Crippen MR) is 72.0 cm³/mol. The van der Waals surface area contributed by atoms with Gasteiger partial charge in [-0.05, 0) is 31.4 Å². The molecule has 5 nitrogen and oxygen atoms in total. The van der Waals surface area contributed by atoms with E-state index in [4.69, 9.17) is 5.11 Å². The number of carboxylic acid groups (broad SMARTS) is 1. The summed E-state index contributed by atoms with van der Waals surface area (Å²) >= 11 is 0. The number of carbonyl (C=O) groups excluding carboxylic acids is 1. The van der Waals surface area contributed by atoms with E-state index >= 15 is 0 Å². The molecule has 0 aliphatic rings. The molecule has 19 heavy (non-hydrogen) atoms. The van der Waals surface area contributed by atoms with Gasteiger partial charge in [0.15, 0.2) is 0 Å². The Hall–Kier alpha value is -1.91. The molecule has 1 aromatic heterocycles.